The second-order valence-corrected chi connectivity index (χ2v) is 9.47. The van der Waals surface area contributed by atoms with Crippen LogP contribution in [0, 0.1) is 0 Å². The van der Waals surface area contributed by atoms with Crippen LogP contribution in [0.25, 0.3) is 11.5 Å². The lowest BCUT2D eigenvalue weighted by Gasteiger charge is -2.39. The Morgan fingerprint density at radius 1 is 1.00 bits per heavy atom. The molecule has 2 fully saturated rings. The van der Waals surface area contributed by atoms with Gasteiger partial charge in [0.2, 0.25) is 0 Å². The Bertz CT molecular complexity index is 1050. The molecule has 30 heavy (non-hydrogen) atoms. The molecule has 8 heteroatoms. The van der Waals surface area contributed by atoms with E-state index in [2.05, 4.69) is 62.2 Å². The smallest absolute Gasteiger partial charge is 0.399 e. The van der Waals surface area contributed by atoms with Crippen molar-refractivity contribution in [3.8, 4) is 11.5 Å². The molecule has 5 rings (SSSR count). The number of hydrogen-bond donors (Lipinski definition) is 0. The van der Waals surface area contributed by atoms with Crippen LogP contribution in [-0.4, -0.2) is 38.2 Å². The summed E-state index contributed by atoms with van der Waals surface area (Å²) in [6.45, 7) is 8.28. The number of nitrogens with zero attached hydrogens (tertiary/aromatic N) is 4. The zero-order chi connectivity index (χ0) is 21.1. The van der Waals surface area contributed by atoms with Crippen LogP contribution in [0.5, 0.6) is 0 Å². The topological polar surface area (TPSA) is 75.2 Å². The number of hydrogen-bond acceptors (Lipinski definition) is 6. The summed E-state index contributed by atoms with van der Waals surface area (Å²) < 4.78 is 19.7. The summed E-state index contributed by atoms with van der Waals surface area (Å²) >= 11 is 0. The second kappa shape index (κ2) is 6.52. The highest BCUT2D eigenvalue weighted by Gasteiger charge is 2.52. The van der Waals surface area contributed by atoms with Crippen molar-refractivity contribution >= 4 is 12.6 Å². The van der Waals surface area contributed by atoms with E-state index in [9.17, 15) is 0 Å². The fourth-order valence-electron chi connectivity index (χ4n) is 4.18. The Balaban J connectivity index is 1.41. The quantitative estimate of drug-likeness (QED) is 0.620. The van der Waals surface area contributed by atoms with E-state index in [1.165, 1.54) is 5.56 Å². The largest absolute Gasteiger partial charge is 0.494 e. The van der Waals surface area contributed by atoms with Crippen LogP contribution in [-0.2, 0) is 21.8 Å². The van der Waals surface area contributed by atoms with E-state index in [-0.39, 0.29) is 23.7 Å². The van der Waals surface area contributed by atoms with Gasteiger partial charge in [-0.1, -0.05) is 35.8 Å². The molecule has 1 saturated heterocycles. The van der Waals surface area contributed by atoms with E-state index in [0.717, 1.165) is 36.1 Å². The second-order valence-electron chi connectivity index (χ2n) is 9.47. The van der Waals surface area contributed by atoms with Gasteiger partial charge in [-0.2, -0.15) is 10.1 Å². The molecule has 0 radical (unpaired) electrons. The van der Waals surface area contributed by atoms with E-state index in [1.54, 1.807) is 10.9 Å². The summed E-state index contributed by atoms with van der Waals surface area (Å²) in [6.07, 6.45) is 6.79. The van der Waals surface area contributed by atoms with Gasteiger partial charge in [0.05, 0.1) is 28.4 Å². The highest BCUT2D eigenvalue weighted by molar-refractivity contribution is 6.62. The average molecular weight is 406 g/mol. The fourth-order valence-corrected chi connectivity index (χ4v) is 4.18. The lowest BCUT2D eigenvalue weighted by molar-refractivity contribution is 0.00578. The Morgan fingerprint density at radius 2 is 1.67 bits per heavy atom. The van der Waals surface area contributed by atoms with Crippen molar-refractivity contribution in [3.05, 3.63) is 48.0 Å². The average Bonchev–Trinajstić information content (AvgIpc) is 3.34. The molecule has 1 aliphatic carbocycles. The van der Waals surface area contributed by atoms with Crippen molar-refractivity contribution in [1.82, 2.24) is 19.9 Å². The highest BCUT2D eigenvalue weighted by atomic mass is 16.7. The predicted molar refractivity (Wildman–Crippen MR) is 113 cm³/mol. The van der Waals surface area contributed by atoms with Crippen LogP contribution < -0.4 is 5.46 Å². The van der Waals surface area contributed by atoms with E-state index < -0.39 is 0 Å². The van der Waals surface area contributed by atoms with E-state index >= 15 is 0 Å². The van der Waals surface area contributed by atoms with Crippen molar-refractivity contribution in [2.24, 2.45) is 7.05 Å². The predicted octanol–water partition coefficient (Wildman–Crippen LogP) is 3.24. The monoisotopic (exact) mass is 406 g/mol. The molecule has 1 aliphatic heterocycles. The first kappa shape index (κ1) is 19.5. The van der Waals surface area contributed by atoms with Gasteiger partial charge in [-0.3, -0.25) is 4.68 Å². The molecule has 0 spiro atoms. The van der Waals surface area contributed by atoms with Crippen LogP contribution in [0.2, 0.25) is 0 Å². The molecule has 0 bridgehead atoms. The summed E-state index contributed by atoms with van der Waals surface area (Å²) in [5.41, 5.74) is 2.17. The van der Waals surface area contributed by atoms with Gasteiger partial charge in [-0.25, -0.2) is 0 Å². The SMILES string of the molecule is Cn1cc(-c2nc(C3(c4ccc(B5OC(C)(C)C(C)(C)O5)cc4)CCC3)no2)cn1. The molecule has 0 amide bonds. The summed E-state index contributed by atoms with van der Waals surface area (Å²) in [5, 5.41) is 8.53. The number of rotatable bonds is 4. The molecule has 0 N–H and O–H groups in total. The zero-order valence-corrected chi connectivity index (χ0v) is 18.2. The van der Waals surface area contributed by atoms with Crippen molar-refractivity contribution in [2.75, 3.05) is 0 Å². The maximum absolute atomic E-state index is 6.19. The number of aromatic nitrogens is 4. The molecule has 2 aliphatic rings. The molecule has 156 valence electrons. The lowest BCUT2D eigenvalue weighted by atomic mass is 9.63. The Hall–Kier alpha value is -2.45. The van der Waals surface area contributed by atoms with Gasteiger partial charge in [-0.05, 0) is 51.6 Å². The Labute approximate surface area is 176 Å². The molecule has 3 heterocycles. The van der Waals surface area contributed by atoms with E-state index in [0.29, 0.717) is 5.89 Å². The Morgan fingerprint density at radius 3 is 2.20 bits per heavy atom. The van der Waals surface area contributed by atoms with Crippen LogP contribution in [0.1, 0.15) is 58.3 Å². The van der Waals surface area contributed by atoms with Gasteiger partial charge in [0.25, 0.3) is 5.89 Å². The fraction of sp³-hybridized carbons (Fsp3) is 0.500. The van der Waals surface area contributed by atoms with Gasteiger partial charge < -0.3 is 13.8 Å². The zero-order valence-electron chi connectivity index (χ0n) is 18.2. The lowest BCUT2D eigenvalue weighted by Crippen LogP contribution is -2.41. The maximum atomic E-state index is 6.19. The maximum Gasteiger partial charge on any atom is 0.494 e. The normalized spacial score (nSPS) is 21.6. The van der Waals surface area contributed by atoms with E-state index in [1.807, 2.05) is 13.2 Å². The van der Waals surface area contributed by atoms with Crippen molar-refractivity contribution in [1.29, 1.82) is 0 Å². The minimum absolute atomic E-state index is 0.196. The molecule has 2 aromatic heterocycles. The van der Waals surface area contributed by atoms with Gasteiger partial charge in [0.1, 0.15) is 0 Å². The first-order chi connectivity index (χ1) is 14.2. The van der Waals surface area contributed by atoms with Gasteiger partial charge in [-0.15, -0.1) is 0 Å². The molecule has 0 atom stereocenters. The molecule has 0 unspecified atom stereocenters. The van der Waals surface area contributed by atoms with E-state index in [4.69, 9.17) is 18.8 Å². The molecule has 1 saturated carbocycles. The summed E-state index contributed by atoms with van der Waals surface area (Å²) in [5.74, 6) is 1.26. The summed E-state index contributed by atoms with van der Waals surface area (Å²) in [4.78, 5) is 4.72. The van der Waals surface area contributed by atoms with Gasteiger partial charge in [0.15, 0.2) is 5.82 Å². The van der Waals surface area contributed by atoms with Crippen molar-refractivity contribution < 1.29 is 13.8 Å². The first-order valence-corrected chi connectivity index (χ1v) is 10.5. The summed E-state index contributed by atoms with van der Waals surface area (Å²) in [6, 6.07) is 8.50. The molecule has 3 aromatic rings. The Kier molecular flexibility index (Phi) is 4.24. The van der Waals surface area contributed by atoms with Crippen molar-refractivity contribution in [2.45, 2.75) is 63.6 Å². The third-order valence-electron chi connectivity index (χ3n) is 7.00. The summed E-state index contributed by atoms with van der Waals surface area (Å²) in [7, 11) is 1.51. The number of aryl methyl sites for hydroxylation is 1. The number of benzene rings is 1. The third kappa shape index (κ3) is 2.93. The van der Waals surface area contributed by atoms with Crippen molar-refractivity contribution in [3.63, 3.8) is 0 Å². The molecular formula is C22H27BN4O3. The minimum atomic E-state index is -0.358. The highest BCUT2D eigenvalue weighted by Crippen LogP contribution is 2.48. The standard InChI is InChI=1S/C22H27BN4O3/c1-20(2)21(3,4)30-23(29-20)17-9-7-16(8-10-17)22(11-6-12-22)19-25-18(28-26-19)15-13-24-27(5)14-15/h7-10,13-14H,6,11-12H2,1-5H3. The minimum Gasteiger partial charge on any atom is -0.399 e. The molecule has 7 nitrogen and oxygen atoms in total. The van der Waals surface area contributed by atoms with Crippen LogP contribution in [0.4, 0.5) is 0 Å². The van der Waals surface area contributed by atoms with Gasteiger partial charge >= 0.3 is 7.12 Å². The molecule has 1 aromatic carbocycles. The molecular weight excluding hydrogens is 379 g/mol. The van der Waals surface area contributed by atoms with Crippen LogP contribution in [0.15, 0.2) is 41.2 Å². The van der Waals surface area contributed by atoms with Crippen LogP contribution >= 0.6 is 0 Å². The van der Waals surface area contributed by atoms with Gasteiger partial charge in [0, 0.05) is 13.2 Å². The third-order valence-corrected chi connectivity index (χ3v) is 7.00. The van der Waals surface area contributed by atoms with Crippen LogP contribution in [0.3, 0.4) is 0 Å². The first-order valence-electron chi connectivity index (χ1n) is 10.5.